The third-order valence-corrected chi connectivity index (χ3v) is 6.99. The van der Waals surface area contributed by atoms with Gasteiger partial charge in [-0.05, 0) is 43.9 Å². The van der Waals surface area contributed by atoms with Crippen molar-refractivity contribution in [1.29, 1.82) is 0 Å². The van der Waals surface area contributed by atoms with Crippen LogP contribution in [0.5, 0.6) is 11.5 Å². The molecule has 0 bridgehead atoms. The summed E-state index contributed by atoms with van der Waals surface area (Å²) < 4.78 is 23.4. The van der Waals surface area contributed by atoms with Gasteiger partial charge in [-0.15, -0.1) is 0 Å². The molecule has 0 amide bonds. The zero-order valence-corrected chi connectivity index (χ0v) is 21.5. The first kappa shape index (κ1) is 28.8. The Kier molecular flexibility index (Phi) is 9.41. The van der Waals surface area contributed by atoms with Gasteiger partial charge < -0.3 is 44.5 Å². The molecule has 0 radical (unpaired) electrons. The van der Waals surface area contributed by atoms with Gasteiger partial charge in [0.2, 0.25) is 0 Å². The number of aromatic carboxylic acids is 1. The average molecular weight is 547 g/mol. The highest BCUT2D eigenvalue weighted by molar-refractivity contribution is 5.88. The highest BCUT2D eigenvalue weighted by Gasteiger charge is 2.44. The second-order valence-electron chi connectivity index (χ2n) is 9.93. The molecule has 39 heavy (non-hydrogen) atoms. The van der Waals surface area contributed by atoms with E-state index in [2.05, 4.69) is 0 Å². The lowest BCUT2D eigenvalue weighted by Crippen LogP contribution is -2.58. The summed E-state index contributed by atoms with van der Waals surface area (Å²) in [5, 5.41) is 49.8. The molecule has 2 fully saturated rings. The second kappa shape index (κ2) is 12.8. The number of ether oxygens (including phenoxy) is 4. The van der Waals surface area contributed by atoms with Crippen molar-refractivity contribution in [3.8, 4) is 11.5 Å². The van der Waals surface area contributed by atoms with Gasteiger partial charge in [0.05, 0.1) is 17.8 Å². The number of carbonyl (C=O) groups is 2. The average Bonchev–Trinajstić information content (AvgIpc) is 2.91. The molecule has 1 saturated carbocycles. The maximum Gasteiger partial charge on any atom is 0.345 e. The van der Waals surface area contributed by atoms with Crippen molar-refractivity contribution in [1.82, 2.24) is 0 Å². The molecule has 0 aromatic heterocycles. The van der Waals surface area contributed by atoms with Crippen molar-refractivity contribution in [3.05, 3.63) is 59.7 Å². The molecule has 1 heterocycles. The van der Waals surface area contributed by atoms with E-state index < -0.39 is 61.0 Å². The maximum atomic E-state index is 11.9. The van der Waals surface area contributed by atoms with Gasteiger partial charge in [0.1, 0.15) is 35.9 Å². The zero-order chi connectivity index (χ0) is 28.1. The summed E-state index contributed by atoms with van der Waals surface area (Å²) in [6.45, 7) is 1.56. The number of carboxylic acid groups (broad SMARTS) is 2. The summed E-state index contributed by atoms with van der Waals surface area (Å²) in [7, 11) is 0. The van der Waals surface area contributed by atoms with E-state index in [-0.39, 0.29) is 23.5 Å². The lowest BCUT2D eigenvalue weighted by Gasteiger charge is -2.42. The van der Waals surface area contributed by atoms with Gasteiger partial charge >= 0.3 is 11.9 Å². The lowest BCUT2D eigenvalue weighted by atomic mass is 9.94. The lowest BCUT2D eigenvalue weighted by molar-refractivity contribution is -0.311. The summed E-state index contributed by atoms with van der Waals surface area (Å²) >= 11 is 0. The van der Waals surface area contributed by atoms with Gasteiger partial charge in [-0.2, -0.15) is 0 Å². The Hall–Kier alpha value is -3.22. The summed E-state index contributed by atoms with van der Waals surface area (Å²) in [6.07, 6.45) is -5.65. The molecule has 4 rings (SSSR count). The molecular formula is C28H34O11. The maximum absolute atomic E-state index is 11.9. The van der Waals surface area contributed by atoms with Gasteiger partial charge in [-0.3, -0.25) is 0 Å². The fraction of sp³-hybridized carbons (Fsp3) is 0.500. The molecule has 1 unspecified atom stereocenters. The van der Waals surface area contributed by atoms with E-state index in [0.717, 1.165) is 18.4 Å². The molecule has 2 aliphatic rings. The molecule has 212 valence electrons. The van der Waals surface area contributed by atoms with Gasteiger partial charge in [0.15, 0.2) is 12.4 Å². The molecule has 11 heteroatoms. The first-order chi connectivity index (χ1) is 18.6. The van der Waals surface area contributed by atoms with Crippen LogP contribution in [0.3, 0.4) is 0 Å². The van der Waals surface area contributed by atoms with E-state index in [1.807, 2.05) is 6.07 Å². The SMILES string of the molecule is C[C@@H]1O[C@@H](O[C@@H]2CCCC[C@H]2Oc2cc(OC(Cc3ccccc3)C(=O)O)cc(C(=O)O)c2)[C@@H](O)[C@H](O)[C@@H]1O. The highest BCUT2D eigenvalue weighted by Crippen LogP contribution is 2.32. The third kappa shape index (κ3) is 7.25. The van der Waals surface area contributed by atoms with Crippen molar-refractivity contribution < 1.29 is 54.1 Å². The van der Waals surface area contributed by atoms with Gasteiger partial charge in [-0.25, -0.2) is 9.59 Å². The van der Waals surface area contributed by atoms with Crippen LogP contribution in [0.15, 0.2) is 48.5 Å². The van der Waals surface area contributed by atoms with E-state index >= 15 is 0 Å². The predicted molar refractivity (Wildman–Crippen MR) is 136 cm³/mol. The fourth-order valence-corrected chi connectivity index (χ4v) is 4.83. The van der Waals surface area contributed by atoms with Crippen LogP contribution in [0, 0.1) is 0 Å². The summed E-state index contributed by atoms with van der Waals surface area (Å²) in [4.78, 5) is 23.7. The van der Waals surface area contributed by atoms with Crippen molar-refractivity contribution in [2.24, 2.45) is 0 Å². The minimum absolute atomic E-state index is 0.0264. The van der Waals surface area contributed by atoms with Crippen molar-refractivity contribution in [2.45, 2.75) is 88.0 Å². The Morgan fingerprint density at radius 1 is 0.923 bits per heavy atom. The van der Waals surface area contributed by atoms with Crippen LogP contribution in [0.1, 0.15) is 48.5 Å². The van der Waals surface area contributed by atoms with E-state index in [1.54, 1.807) is 31.2 Å². The summed E-state index contributed by atoms with van der Waals surface area (Å²) in [5.74, 6) is -2.26. The molecule has 5 N–H and O–H groups in total. The van der Waals surface area contributed by atoms with Crippen LogP contribution in [-0.4, -0.2) is 86.5 Å². The molecule has 1 aliphatic carbocycles. The zero-order valence-electron chi connectivity index (χ0n) is 21.5. The van der Waals surface area contributed by atoms with Crippen LogP contribution in [-0.2, 0) is 20.7 Å². The Morgan fingerprint density at radius 3 is 2.26 bits per heavy atom. The Morgan fingerprint density at radius 2 is 1.59 bits per heavy atom. The number of aliphatic carboxylic acids is 1. The van der Waals surface area contributed by atoms with E-state index in [9.17, 15) is 35.1 Å². The second-order valence-corrected chi connectivity index (χ2v) is 9.93. The van der Waals surface area contributed by atoms with Crippen molar-refractivity contribution >= 4 is 11.9 Å². The standard InChI is InChI=1S/C28H34O11/c1-15-23(29)24(30)25(31)28(36-15)39-21-10-6-5-9-20(21)37-18-12-17(26(32)33)13-19(14-18)38-22(27(34)35)11-16-7-3-2-4-8-16/h2-4,7-8,12-15,20-25,28-31H,5-6,9-11H2,1H3,(H,32,33)(H,34,35)/t15-,20+,21+,22?,23+,24+,25-,28-/m0/s1. The normalized spacial score (nSPS) is 29.8. The van der Waals surface area contributed by atoms with Crippen molar-refractivity contribution in [2.75, 3.05) is 0 Å². The van der Waals surface area contributed by atoms with Gasteiger partial charge in [0.25, 0.3) is 0 Å². The Bertz CT molecular complexity index is 1120. The predicted octanol–water partition coefficient (Wildman–Crippen LogP) is 1.99. The number of hydrogen-bond acceptors (Lipinski definition) is 9. The Labute approximate surface area is 225 Å². The summed E-state index contributed by atoms with van der Waals surface area (Å²) in [6, 6.07) is 12.9. The highest BCUT2D eigenvalue weighted by atomic mass is 16.7. The number of hydrogen-bond donors (Lipinski definition) is 5. The van der Waals surface area contributed by atoms with Crippen LogP contribution < -0.4 is 9.47 Å². The van der Waals surface area contributed by atoms with Crippen molar-refractivity contribution in [3.63, 3.8) is 0 Å². The number of aliphatic hydroxyl groups is 3. The summed E-state index contributed by atoms with van der Waals surface area (Å²) in [5.41, 5.74) is 0.605. The van der Waals surface area contributed by atoms with E-state index in [4.69, 9.17) is 18.9 Å². The number of carboxylic acids is 2. The number of benzene rings is 2. The molecular weight excluding hydrogens is 512 g/mol. The molecule has 1 aliphatic heterocycles. The smallest absolute Gasteiger partial charge is 0.345 e. The van der Waals surface area contributed by atoms with Crippen LogP contribution in [0.4, 0.5) is 0 Å². The quantitative estimate of drug-likeness (QED) is 0.295. The number of rotatable bonds is 10. The minimum atomic E-state index is -1.47. The third-order valence-electron chi connectivity index (χ3n) is 6.99. The van der Waals surface area contributed by atoms with Crippen LogP contribution >= 0.6 is 0 Å². The minimum Gasteiger partial charge on any atom is -0.488 e. The molecule has 2 aromatic rings. The molecule has 1 saturated heterocycles. The first-order valence-electron chi connectivity index (χ1n) is 13.0. The monoisotopic (exact) mass is 546 g/mol. The van der Waals surface area contributed by atoms with E-state index in [0.29, 0.717) is 12.8 Å². The molecule has 0 spiro atoms. The molecule has 8 atom stereocenters. The largest absolute Gasteiger partial charge is 0.488 e. The Balaban J connectivity index is 1.51. The van der Waals surface area contributed by atoms with Gasteiger partial charge in [-0.1, -0.05) is 36.8 Å². The first-order valence-corrected chi connectivity index (χ1v) is 13.0. The van der Waals surface area contributed by atoms with Crippen LogP contribution in [0.25, 0.3) is 0 Å². The van der Waals surface area contributed by atoms with E-state index in [1.165, 1.54) is 18.2 Å². The fourth-order valence-electron chi connectivity index (χ4n) is 4.83. The topological polar surface area (TPSA) is 172 Å². The number of aliphatic hydroxyl groups excluding tert-OH is 3. The van der Waals surface area contributed by atoms with Gasteiger partial charge in [0, 0.05) is 12.5 Å². The molecule has 2 aromatic carbocycles. The molecule has 11 nitrogen and oxygen atoms in total. The van der Waals surface area contributed by atoms with Crippen LogP contribution in [0.2, 0.25) is 0 Å².